The van der Waals surface area contributed by atoms with Crippen molar-refractivity contribution in [2.24, 2.45) is 5.92 Å². The van der Waals surface area contributed by atoms with Gasteiger partial charge in [-0.3, -0.25) is 9.69 Å². The van der Waals surface area contributed by atoms with Crippen molar-refractivity contribution in [1.82, 2.24) is 15.2 Å². The number of rotatable bonds is 5. The summed E-state index contributed by atoms with van der Waals surface area (Å²) in [7, 11) is 0. The van der Waals surface area contributed by atoms with Gasteiger partial charge in [0.25, 0.3) is 0 Å². The monoisotopic (exact) mass is 350 g/mol. The van der Waals surface area contributed by atoms with Crippen molar-refractivity contribution < 1.29 is 4.79 Å². The first-order valence-corrected chi connectivity index (χ1v) is 9.39. The minimum atomic E-state index is 0.142. The normalized spacial score (nSPS) is 23.1. The Bertz CT molecular complexity index is 785. The number of carbonyl (C=O) groups excluding carboxylic acids is 1. The number of carbonyl (C=O) groups is 1. The molecule has 1 aliphatic carbocycles. The molecule has 2 aliphatic rings. The van der Waals surface area contributed by atoms with E-state index < -0.39 is 0 Å². The average Bonchev–Trinajstić information content (AvgIpc) is 3.41. The molecule has 136 valence electrons. The molecule has 3 N–H and O–H groups in total. The summed E-state index contributed by atoms with van der Waals surface area (Å²) in [6.07, 6.45) is 3.78. The number of benzene rings is 1. The number of nitrogens with one attached hydrogen (secondary N) is 1. The summed E-state index contributed by atoms with van der Waals surface area (Å²) >= 11 is 0. The molecule has 1 aliphatic heterocycles. The second-order valence-corrected chi connectivity index (χ2v) is 7.65. The minimum Gasteiger partial charge on any atom is -0.383 e. The Labute approximate surface area is 154 Å². The van der Waals surface area contributed by atoms with Gasteiger partial charge in [-0.25, -0.2) is 4.98 Å². The second-order valence-electron chi connectivity index (χ2n) is 7.65. The predicted molar refractivity (Wildman–Crippen MR) is 103 cm³/mol. The highest BCUT2D eigenvalue weighted by Crippen LogP contribution is 2.33. The van der Waals surface area contributed by atoms with E-state index in [0.717, 1.165) is 38.0 Å². The van der Waals surface area contributed by atoms with Gasteiger partial charge < -0.3 is 11.1 Å². The molecule has 26 heavy (non-hydrogen) atoms. The van der Waals surface area contributed by atoms with Crippen molar-refractivity contribution >= 4 is 11.7 Å². The van der Waals surface area contributed by atoms with Gasteiger partial charge in [0.1, 0.15) is 5.82 Å². The Balaban J connectivity index is 1.52. The molecule has 5 nitrogen and oxygen atoms in total. The average molecular weight is 350 g/mol. The maximum absolute atomic E-state index is 12.4. The van der Waals surface area contributed by atoms with Crippen molar-refractivity contribution in [1.29, 1.82) is 0 Å². The van der Waals surface area contributed by atoms with Gasteiger partial charge in [-0.2, -0.15) is 0 Å². The summed E-state index contributed by atoms with van der Waals surface area (Å²) in [5, 5.41) is 3.31. The molecule has 2 atom stereocenters. The summed E-state index contributed by atoms with van der Waals surface area (Å²) in [5.74, 6) is 1.34. The van der Waals surface area contributed by atoms with Crippen molar-refractivity contribution in [3.8, 4) is 0 Å². The zero-order valence-corrected chi connectivity index (χ0v) is 15.2. The number of anilines is 1. The van der Waals surface area contributed by atoms with Crippen LogP contribution >= 0.6 is 0 Å². The highest BCUT2D eigenvalue weighted by atomic mass is 16.2. The molecule has 2 fully saturated rings. The van der Waals surface area contributed by atoms with Gasteiger partial charge in [-0.15, -0.1) is 0 Å². The van der Waals surface area contributed by atoms with Crippen LogP contribution in [0.1, 0.15) is 35.4 Å². The maximum Gasteiger partial charge on any atom is 0.223 e. The van der Waals surface area contributed by atoms with E-state index in [0.29, 0.717) is 11.7 Å². The second kappa shape index (κ2) is 7.08. The van der Waals surface area contributed by atoms with Crippen LogP contribution in [0.5, 0.6) is 0 Å². The number of aromatic nitrogens is 1. The summed E-state index contributed by atoms with van der Waals surface area (Å²) < 4.78 is 0. The quantitative estimate of drug-likeness (QED) is 0.869. The molecular weight excluding hydrogens is 324 g/mol. The SMILES string of the molecule is Cc1ccc([C@@H]2CN(Cc3cccnc3N)C[C@H]2NC(=O)C2CC2)cc1. The largest absolute Gasteiger partial charge is 0.383 e. The predicted octanol–water partition coefficient (Wildman–Crippen LogP) is 2.47. The van der Waals surface area contributed by atoms with Gasteiger partial charge in [0.05, 0.1) is 0 Å². The fourth-order valence-electron chi connectivity index (χ4n) is 3.78. The number of likely N-dealkylation sites (tertiary alicyclic amines) is 1. The summed E-state index contributed by atoms with van der Waals surface area (Å²) in [6.45, 7) is 4.61. The molecule has 1 saturated heterocycles. The van der Waals surface area contributed by atoms with E-state index in [1.165, 1.54) is 11.1 Å². The lowest BCUT2D eigenvalue weighted by molar-refractivity contribution is -0.123. The molecule has 1 amide bonds. The van der Waals surface area contributed by atoms with Crippen molar-refractivity contribution in [3.63, 3.8) is 0 Å². The Hall–Kier alpha value is -2.40. The summed E-state index contributed by atoms with van der Waals surface area (Å²) in [4.78, 5) is 18.9. The Kier molecular flexibility index (Phi) is 4.64. The molecule has 1 aromatic heterocycles. The number of nitrogens with two attached hydrogens (primary N) is 1. The van der Waals surface area contributed by atoms with Gasteiger partial charge in [0, 0.05) is 49.3 Å². The van der Waals surface area contributed by atoms with Crippen LogP contribution in [-0.2, 0) is 11.3 Å². The van der Waals surface area contributed by atoms with Gasteiger partial charge >= 0.3 is 0 Å². The molecule has 1 saturated carbocycles. The Morgan fingerprint density at radius 3 is 2.69 bits per heavy atom. The third kappa shape index (κ3) is 3.73. The fraction of sp³-hybridized carbons (Fsp3) is 0.429. The first-order valence-electron chi connectivity index (χ1n) is 9.39. The van der Waals surface area contributed by atoms with Crippen LogP contribution in [0.4, 0.5) is 5.82 Å². The standard InChI is InChI=1S/C21H26N4O/c1-14-4-6-15(7-5-14)18-12-25(11-17-3-2-10-23-20(17)22)13-19(18)24-21(26)16-8-9-16/h2-7,10,16,18-19H,8-9,11-13H2,1H3,(H2,22,23)(H,24,26)/t18-,19+/m0/s1. The van der Waals surface area contributed by atoms with Gasteiger partial charge in [0.2, 0.25) is 5.91 Å². The lowest BCUT2D eigenvalue weighted by atomic mass is 9.93. The third-order valence-corrected chi connectivity index (χ3v) is 5.50. The molecule has 0 spiro atoms. The number of pyridine rings is 1. The van der Waals surface area contributed by atoms with Crippen molar-refractivity contribution in [3.05, 3.63) is 59.3 Å². The number of hydrogen-bond donors (Lipinski definition) is 2. The van der Waals surface area contributed by atoms with Crippen LogP contribution in [0.15, 0.2) is 42.6 Å². The van der Waals surface area contributed by atoms with E-state index in [1.54, 1.807) is 6.20 Å². The van der Waals surface area contributed by atoms with Crippen molar-refractivity contribution in [2.75, 3.05) is 18.8 Å². The minimum absolute atomic E-state index is 0.142. The fourth-order valence-corrected chi connectivity index (χ4v) is 3.78. The molecule has 4 rings (SSSR count). The zero-order valence-electron chi connectivity index (χ0n) is 15.2. The van der Waals surface area contributed by atoms with Gasteiger partial charge in [-0.05, 0) is 31.4 Å². The van der Waals surface area contributed by atoms with E-state index in [4.69, 9.17) is 5.73 Å². The number of nitrogens with zero attached hydrogens (tertiary/aromatic N) is 2. The summed E-state index contributed by atoms with van der Waals surface area (Å²) in [6, 6.07) is 12.8. The first-order chi connectivity index (χ1) is 12.6. The van der Waals surface area contributed by atoms with E-state index in [1.807, 2.05) is 12.1 Å². The van der Waals surface area contributed by atoms with Crippen LogP contribution in [-0.4, -0.2) is 34.9 Å². The molecule has 0 radical (unpaired) electrons. The zero-order chi connectivity index (χ0) is 18.1. The van der Waals surface area contributed by atoms with Crippen LogP contribution in [0, 0.1) is 12.8 Å². The number of nitrogen functional groups attached to an aromatic ring is 1. The molecule has 0 bridgehead atoms. The van der Waals surface area contributed by atoms with E-state index in [9.17, 15) is 4.79 Å². The smallest absolute Gasteiger partial charge is 0.223 e. The maximum atomic E-state index is 12.4. The third-order valence-electron chi connectivity index (χ3n) is 5.50. The lowest BCUT2D eigenvalue weighted by Gasteiger charge is -2.20. The van der Waals surface area contributed by atoms with Gasteiger partial charge in [-0.1, -0.05) is 35.9 Å². The van der Waals surface area contributed by atoms with E-state index in [2.05, 4.69) is 46.4 Å². The lowest BCUT2D eigenvalue weighted by Crippen LogP contribution is -2.40. The molecule has 5 heteroatoms. The molecule has 1 aromatic carbocycles. The Morgan fingerprint density at radius 2 is 2.00 bits per heavy atom. The van der Waals surface area contributed by atoms with Crippen LogP contribution in [0.2, 0.25) is 0 Å². The van der Waals surface area contributed by atoms with E-state index >= 15 is 0 Å². The number of hydrogen-bond acceptors (Lipinski definition) is 4. The summed E-state index contributed by atoms with van der Waals surface area (Å²) in [5.41, 5.74) is 9.61. The molecule has 2 heterocycles. The van der Waals surface area contributed by atoms with Crippen LogP contribution in [0.25, 0.3) is 0 Å². The molecule has 0 unspecified atom stereocenters. The molecular formula is C21H26N4O. The van der Waals surface area contributed by atoms with E-state index in [-0.39, 0.29) is 17.9 Å². The Morgan fingerprint density at radius 1 is 1.23 bits per heavy atom. The molecule has 2 aromatic rings. The number of amides is 1. The van der Waals surface area contributed by atoms with Gasteiger partial charge in [0.15, 0.2) is 0 Å². The van der Waals surface area contributed by atoms with Crippen molar-refractivity contribution in [2.45, 2.75) is 38.3 Å². The van der Waals surface area contributed by atoms with Crippen LogP contribution < -0.4 is 11.1 Å². The number of aryl methyl sites for hydroxylation is 1. The highest BCUT2D eigenvalue weighted by Gasteiger charge is 2.38. The van der Waals surface area contributed by atoms with Crippen LogP contribution in [0.3, 0.4) is 0 Å². The topological polar surface area (TPSA) is 71.2 Å². The highest BCUT2D eigenvalue weighted by molar-refractivity contribution is 5.81. The first kappa shape index (κ1) is 17.0.